The summed E-state index contributed by atoms with van der Waals surface area (Å²) >= 11 is 1.43. The number of amides is 1. The molecule has 0 aromatic carbocycles. The minimum absolute atomic E-state index is 0.0354. The maximum atomic E-state index is 13.5. The number of likely N-dealkylation sites (N-methyl/N-ethyl adjacent to an activating group) is 1. The Bertz CT molecular complexity index is 2530. The van der Waals surface area contributed by atoms with Crippen LogP contribution >= 0.6 is 23.1 Å². The summed E-state index contributed by atoms with van der Waals surface area (Å²) in [5.41, 5.74) is -0.121. The quantitative estimate of drug-likeness (QED) is 0.0601. The minimum Gasteiger partial charge on any atom is -0.470 e. The van der Waals surface area contributed by atoms with Crippen molar-refractivity contribution in [3.05, 3.63) is 11.6 Å². The lowest BCUT2D eigenvalue weighted by Gasteiger charge is -2.32. The van der Waals surface area contributed by atoms with E-state index in [0.717, 1.165) is 46.3 Å². The predicted molar refractivity (Wildman–Crippen MR) is 264 cm³/mol. The molecule has 4 rings (SSSR count). The highest BCUT2D eigenvalue weighted by Gasteiger charge is 2.41. The van der Waals surface area contributed by atoms with E-state index in [9.17, 15) is 50.4 Å². The fourth-order valence-corrected chi connectivity index (χ4v) is 12.2. The van der Waals surface area contributed by atoms with Crippen molar-refractivity contribution in [3.8, 4) is 5.88 Å². The summed E-state index contributed by atoms with van der Waals surface area (Å²) < 4.78 is 112. The van der Waals surface area contributed by atoms with Gasteiger partial charge in [0, 0.05) is 63.6 Å². The number of rotatable bonds is 28. The molecule has 0 radical (unpaired) electrons. The van der Waals surface area contributed by atoms with E-state index in [0.29, 0.717) is 63.0 Å². The van der Waals surface area contributed by atoms with Crippen LogP contribution in [0.5, 0.6) is 5.88 Å². The Morgan fingerprint density at radius 3 is 1.92 bits per heavy atom. The van der Waals surface area contributed by atoms with Crippen LogP contribution in [0.4, 0.5) is 5.82 Å². The number of sulfonamides is 2. The summed E-state index contributed by atoms with van der Waals surface area (Å²) in [6, 6.07) is 0.618. The Morgan fingerprint density at radius 1 is 0.827 bits per heavy atom. The Balaban J connectivity index is 1.19. The first-order valence-electron chi connectivity index (χ1n) is 23.8. The van der Waals surface area contributed by atoms with Crippen LogP contribution in [-0.2, 0) is 91.5 Å². The number of carbonyl (C=O) groups is 7. The van der Waals surface area contributed by atoms with E-state index < -0.39 is 121 Å². The molecule has 2 aromatic rings. The van der Waals surface area contributed by atoms with Crippen molar-refractivity contribution in [2.24, 2.45) is 0 Å². The number of hydrogen-bond donors (Lipinski definition) is 3. The first kappa shape index (κ1) is 62.4. The van der Waals surface area contributed by atoms with Gasteiger partial charge >= 0.3 is 35.8 Å². The molecule has 0 spiro atoms. The molecule has 2 aliphatic heterocycles. The van der Waals surface area contributed by atoms with Crippen molar-refractivity contribution in [1.29, 1.82) is 0 Å². The van der Waals surface area contributed by atoms with E-state index >= 15 is 0 Å². The number of carbonyl (C=O) groups excluding carboxylic acids is 7. The summed E-state index contributed by atoms with van der Waals surface area (Å²) in [6.45, 7) is 16.3. The molecule has 0 bridgehead atoms. The van der Waals surface area contributed by atoms with Gasteiger partial charge in [-0.15, -0.1) is 15.7 Å². The zero-order valence-electron chi connectivity index (χ0n) is 43.4. The average Bonchev–Trinajstić information content (AvgIpc) is 4.03. The van der Waals surface area contributed by atoms with E-state index in [1.54, 1.807) is 11.6 Å². The number of aromatic nitrogens is 2. The van der Waals surface area contributed by atoms with Crippen molar-refractivity contribution in [2.45, 2.75) is 138 Å². The molecule has 1 amide bonds. The second kappa shape index (κ2) is 28.3. The number of esters is 6. The largest absolute Gasteiger partial charge is 0.470 e. The number of hydrogen-bond acceptors (Lipinski definition) is 27. The van der Waals surface area contributed by atoms with E-state index in [1.165, 1.54) is 17.5 Å². The summed E-state index contributed by atoms with van der Waals surface area (Å²) in [5, 5.41) is 6.40. The molecule has 7 atom stereocenters. The van der Waals surface area contributed by atoms with Crippen LogP contribution in [0.1, 0.15) is 93.2 Å². The van der Waals surface area contributed by atoms with Crippen molar-refractivity contribution >= 4 is 90.7 Å². The van der Waals surface area contributed by atoms with Crippen molar-refractivity contribution in [2.75, 3.05) is 77.7 Å². The number of morpholine rings is 1. The van der Waals surface area contributed by atoms with E-state index in [2.05, 4.69) is 19.4 Å². The number of ether oxygens (including phenoxy) is 9. The monoisotopic (exact) mass is 1140 g/mol. The lowest BCUT2D eigenvalue weighted by atomic mass is 10.1. The summed E-state index contributed by atoms with van der Waals surface area (Å²) in [5.74, 6) is -7.16. The van der Waals surface area contributed by atoms with Gasteiger partial charge in [-0.3, -0.25) is 14.4 Å². The van der Waals surface area contributed by atoms with E-state index in [4.69, 9.17) is 42.6 Å². The molecular weight excluding hydrogens is 1070 g/mol. The van der Waals surface area contributed by atoms with E-state index in [-0.39, 0.29) is 47.4 Å². The Kier molecular flexibility index (Phi) is 23.5. The highest BCUT2D eigenvalue weighted by atomic mass is 32.3. The second-order valence-electron chi connectivity index (χ2n) is 18.1. The summed E-state index contributed by atoms with van der Waals surface area (Å²) in [7, 11) is -7.30. The van der Waals surface area contributed by atoms with Crippen LogP contribution in [0.15, 0.2) is 14.5 Å². The van der Waals surface area contributed by atoms with Crippen LogP contribution in [0, 0.1) is 0 Å². The number of nitrogens with one attached hydrogen (secondary N) is 3. The third-order valence-electron chi connectivity index (χ3n) is 10.8. The zero-order valence-corrected chi connectivity index (χ0v) is 46.7. The topological polar surface area (TPSA) is 339 Å². The molecule has 3 N–H and O–H groups in total. The number of anilines is 1. The lowest BCUT2D eigenvalue weighted by Crippen LogP contribution is -2.44. The van der Waals surface area contributed by atoms with Crippen molar-refractivity contribution < 1.29 is 93.0 Å². The highest BCUT2D eigenvalue weighted by molar-refractivity contribution is 7.94. The average molecular weight is 1140 g/mol. The van der Waals surface area contributed by atoms with Gasteiger partial charge in [-0.05, 0) is 74.4 Å². The zero-order chi connectivity index (χ0) is 55.8. The smallest absolute Gasteiger partial charge is 0.347 e. The molecule has 422 valence electrons. The fraction of sp³-hybridized carbons (Fsp3) is 0.705. The molecular formula is C44H67N7O20S4. The number of nitrogens with zero attached hydrogens (tertiary/aromatic N) is 4. The minimum atomic E-state index is -4.69. The van der Waals surface area contributed by atoms with Crippen LogP contribution in [-0.4, -0.2) is 187 Å². The van der Waals surface area contributed by atoms with Crippen LogP contribution in [0.2, 0.25) is 0 Å². The van der Waals surface area contributed by atoms with Crippen LogP contribution < -0.4 is 25.0 Å². The van der Waals surface area contributed by atoms with E-state index in [1.807, 2.05) is 25.7 Å². The molecule has 4 heterocycles. The first-order valence-corrected chi connectivity index (χ1v) is 28.3. The number of methoxy groups -OCH3 is 1. The predicted octanol–water partition coefficient (Wildman–Crippen LogP) is 0.750. The lowest BCUT2D eigenvalue weighted by molar-refractivity contribution is -0.185. The van der Waals surface area contributed by atoms with Gasteiger partial charge in [-0.25, -0.2) is 40.7 Å². The van der Waals surface area contributed by atoms with Gasteiger partial charge in [0.05, 0.1) is 37.8 Å². The maximum absolute atomic E-state index is 13.5. The Morgan fingerprint density at radius 2 is 1.37 bits per heavy atom. The molecule has 6 unspecified atom stereocenters. The molecule has 1 saturated heterocycles. The maximum Gasteiger partial charge on any atom is 0.347 e. The van der Waals surface area contributed by atoms with Gasteiger partial charge in [0.15, 0.2) is 30.5 Å². The van der Waals surface area contributed by atoms with Crippen LogP contribution in [0.3, 0.4) is 0 Å². The second-order valence-corrected chi connectivity index (χ2v) is 23.7. The molecule has 27 nitrogen and oxygen atoms in total. The molecule has 0 aliphatic carbocycles. The van der Waals surface area contributed by atoms with Gasteiger partial charge in [0.1, 0.15) is 21.1 Å². The third kappa shape index (κ3) is 18.8. The van der Waals surface area contributed by atoms with Gasteiger partial charge in [0.25, 0.3) is 31.8 Å². The van der Waals surface area contributed by atoms with Gasteiger partial charge in [-0.1, -0.05) is 6.92 Å². The molecule has 2 aromatic heterocycles. The number of thiophene rings is 1. The van der Waals surface area contributed by atoms with Crippen LogP contribution in [0.25, 0.3) is 0 Å². The fourth-order valence-electron chi connectivity index (χ4n) is 6.74. The standard InChI is InChI=1S/C44H67N7O20S4/c1-11-45-32-23-51(15-12-18-63-10)75(61,62)43-31(32)21-35(72-43)74(59,60)49-37(54)25(2)67-40(56)27(4)69-42(58)29(6)70-41(57)28(5)68-39(55)26(3)66-33(52)13-14-34(53)71-30(22-46-44(7,8)9)24-65-38-36(47-73-48-38)50-16-19-64-20-17-50/h21,25-30,32,45-46H,11-20,22-24H2,1-10H3,(H,49,54)/t25?,26?,27?,28?,29?,30?,32-/m1/s1. The summed E-state index contributed by atoms with van der Waals surface area (Å²) in [6.07, 6.45) is -9.67. The Hall–Kier alpha value is -5.15. The van der Waals surface area contributed by atoms with Gasteiger partial charge in [-0.2, -0.15) is 8.68 Å². The third-order valence-corrected chi connectivity index (χ3v) is 16.6. The van der Waals surface area contributed by atoms with Gasteiger partial charge < -0.3 is 58.2 Å². The van der Waals surface area contributed by atoms with Crippen molar-refractivity contribution in [1.82, 2.24) is 28.4 Å². The highest BCUT2D eigenvalue weighted by Crippen LogP contribution is 2.40. The normalized spacial score (nSPS) is 18.2. The molecule has 75 heavy (non-hydrogen) atoms. The number of fused-ring (bicyclic) bond motifs is 1. The summed E-state index contributed by atoms with van der Waals surface area (Å²) in [4.78, 5) is 91.5. The Labute approximate surface area is 443 Å². The molecule has 0 saturated carbocycles. The van der Waals surface area contributed by atoms with Gasteiger partial charge in [0.2, 0.25) is 5.82 Å². The molecule has 1 fully saturated rings. The molecule has 2 aliphatic rings. The molecule has 31 heteroatoms. The SMILES string of the molecule is CCN[C@@H]1CN(CCCOC)S(=O)(=O)c2sc(S(=O)(=O)NC(=O)C(C)OC(=O)C(C)OC(=O)C(C)OC(=O)C(C)OC(=O)C(C)OC(=O)CCC(=O)OC(CNC(C)(C)C)COc3nsnc3N3CCOCC3)cc21. The van der Waals surface area contributed by atoms with Crippen molar-refractivity contribution in [3.63, 3.8) is 0 Å². The first-order chi connectivity index (χ1) is 35.2.